The summed E-state index contributed by atoms with van der Waals surface area (Å²) in [7, 11) is 0. The van der Waals surface area contributed by atoms with Gasteiger partial charge >= 0.3 is 0 Å². The summed E-state index contributed by atoms with van der Waals surface area (Å²) in [5, 5.41) is 12.9. The van der Waals surface area contributed by atoms with Crippen LogP contribution in [-0.2, 0) is 0 Å². The number of aliphatic hydroxyl groups excluding tert-OH is 1. The molecule has 1 aromatic carbocycles. The Morgan fingerprint density at radius 2 is 2.20 bits per heavy atom. The molecule has 0 saturated carbocycles. The Morgan fingerprint density at radius 1 is 1.45 bits per heavy atom. The highest BCUT2D eigenvalue weighted by molar-refractivity contribution is 6.05. The van der Waals surface area contributed by atoms with Gasteiger partial charge in [0.25, 0.3) is 5.91 Å². The first-order valence-electron chi connectivity index (χ1n) is 6.49. The van der Waals surface area contributed by atoms with Crippen LogP contribution < -0.4 is 5.32 Å². The SMILES string of the molecule is CC(C)C(O)CNC(=O)c1cc(F)cc2cccnc12. The highest BCUT2D eigenvalue weighted by Gasteiger charge is 2.15. The van der Waals surface area contributed by atoms with Crippen molar-refractivity contribution in [3.63, 3.8) is 0 Å². The van der Waals surface area contributed by atoms with E-state index in [1.165, 1.54) is 6.07 Å². The molecule has 1 amide bonds. The average molecular weight is 276 g/mol. The summed E-state index contributed by atoms with van der Waals surface area (Å²) in [6, 6.07) is 5.88. The molecule has 0 spiro atoms. The van der Waals surface area contributed by atoms with E-state index in [1.54, 1.807) is 18.3 Å². The lowest BCUT2D eigenvalue weighted by Gasteiger charge is -2.15. The van der Waals surface area contributed by atoms with Gasteiger partial charge in [0.05, 0.1) is 17.2 Å². The molecule has 2 rings (SSSR count). The van der Waals surface area contributed by atoms with Gasteiger partial charge in [0.15, 0.2) is 0 Å². The average Bonchev–Trinajstić information content (AvgIpc) is 2.43. The van der Waals surface area contributed by atoms with Crippen molar-refractivity contribution in [2.45, 2.75) is 20.0 Å². The second-order valence-corrected chi connectivity index (χ2v) is 5.05. The van der Waals surface area contributed by atoms with Crippen molar-refractivity contribution in [2.75, 3.05) is 6.54 Å². The third-order valence-electron chi connectivity index (χ3n) is 3.16. The first kappa shape index (κ1) is 14.4. The van der Waals surface area contributed by atoms with Crippen LogP contribution >= 0.6 is 0 Å². The van der Waals surface area contributed by atoms with Crippen molar-refractivity contribution in [1.82, 2.24) is 10.3 Å². The molecule has 0 fully saturated rings. The number of hydrogen-bond donors (Lipinski definition) is 2. The summed E-state index contributed by atoms with van der Waals surface area (Å²) in [6.07, 6.45) is 0.923. The fourth-order valence-electron chi connectivity index (χ4n) is 1.86. The number of fused-ring (bicyclic) bond motifs is 1. The fraction of sp³-hybridized carbons (Fsp3) is 0.333. The minimum Gasteiger partial charge on any atom is -0.391 e. The van der Waals surface area contributed by atoms with Gasteiger partial charge in [-0.05, 0) is 24.1 Å². The van der Waals surface area contributed by atoms with Crippen LogP contribution in [0.5, 0.6) is 0 Å². The Hall–Kier alpha value is -2.01. The number of aliphatic hydroxyl groups is 1. The van der Waals surface area contributed by atoms with E-state index >= 15 is 0 Å². The number of carbonyl (C=O) groups is 1. The summed E-state index contributed by atoms with van der Waals surface area (Å²) in [5.74, 6) is -0.884. The quantitative estimate of drug-likeness (QED) is 0.899. The number of hydrogen-bond acceptors (Lipinski definition) is 3. The van der Waals surface area contributed by atoms with Crippen LogP contribution in [0.4, 0.5) is 4.39 Å². The molecule has 1 aromatic heterocycles. The molecule has 0 radical (unpaired) electrons. The van der Waals surface area contributed by atoms with E-state index in [0.29, 0.717) is 10.9 Å². The zero-order valence-electron chi connectivity index (χ0n) is 11.4. The molecular formula is C15H17FN2O2. The molecule has 2 N–H and O–H groups in total. The van der Waals surface area contributed by atoms with Crippen LogP contribution in [0.1, 0.15) is 24.2 Å². The van der Waals surface area contributed by atoms with E-state index in [0.717, 1.165) is 6.07 Å². The molecular weight excluding hydrogens is 259 g/mol. The number of nitrogens with zero attached hydrogens (tertiary/aromatic N) is 1. The van der Waals surface area contributed by atoms with Crippen LogP contribution in [0.25, 0.3) is 10.9 Å². The number of halogens is 1. The largest absolute Gasteiger partial charge is 0.391 e. The van der Waals surface area contributed by atoms with Crippen LogP contribution in [0, 0.1) is 11.7 Å². The standard InChI is InChI=1S/C15H17FN2O2/c1-9(2)13(19)8-18-15(20)12-7-11(16)6-10-4-3-5-17-14(10)12/h3-7,9,13,19H,8H2,1-2H3,(H,18,20). The maximum atomic E-state index is 13.5. The monoisotopic (exact) mass is 276 g/mol. The number of aromatic nitrogens is 1. The van der Waals surface area contributed by atoms with Crippen LogP contribution in [0.3, 0.4) is 0 Å². The molecule has 0 aliphatic rings. The second kappa shape index (κ2) is 5.96. The van der Waals surface area contributed by atoms with E-state index in [-0.39, 0.29) is 18.0 Å². The summed E-state index contributed by atoms with van der Waals surface area (Å²) in [5.41, 5.74) is 0.627. The Kier molecular flexibility index (Phi) is 4.29. The number of pyridine rings is 1. The third kappa shape index (κ3) is 3.11. The van der Waals surface area contributed by atoms with E-state index in [9.17, 15) is 14.3 Å². The fourth-order valence-corrected chi connectivity index (χ4v) is 1.86. The predicted octanol–water partition coefficient (Wildman–Crippen LogP) is 2.12. The van der Waals surface area contributed by atoms with E-state index in [4.69, 9.17) is 0 Å². The Labute approximate surface area is 116 Å². The minimum absolute atomic E-state index is 0.0395. The van der Waals surface area contributed by atoms with Gasteiger partial charge in [0.1, 0.15) is 5.82 Å². The topological polar surface area (TPSA) is 62.2 Å². The van der Waals surface area contributed by atoms with Crippen molar-refractivity contribution in [2.24, 2.45) is 5.92 Å². The smallest absolute Gasteiger partial charge is 0.253 e. The van der Waals surface area contributed by atoms with Crippen LogP contribution in [-0.4, -0.2) is 28.6 Å². The highest BCUT2D eigenvalue weighted by atomic mass is 19.1. The third-order valence-corrected chi connectivity index (χ3v) is 3.16. The molecule has 106 valence electrons. The zero-order chi connectivity index (χ0) is 14.7. The summed E-state index contributed by atoms with van der Waals surface area (Å²) >= 11 is 0. The van der Waals surface area contributed by atoms with Crippen LogP contribution in [0.15, 0.2) is 30.5 Å². The molecule has 0 saturated heterocycles. The molecule has 1 unspecified atom stereocenters. The van der Waals surface area contributed by atoms with Crippen molar-refractivity contribution in [3.05, 3.63) is 41.8 Å². The van der Waals surface area contributed by atoms with E-state index in [1.807, 2.05) is 13.8 Å². The van der Waals surface area contributed by atoms with E-state index in [2.05, 4.69) is 10.3 Å². The van der Waals surface area contributed by atoms with Gasteiger partial charge in [-0.3, -0.25) is 9.78 Å². The normalized spacial score (nSPS) is 12.7. The summed E-state index contributed by atoms with van der Waals surface area (Å²) < 4.78 is 13.5. The highest BCUT2D eigenvalue weighted by Crippen LogP contribution is 2.18. The summed E-state index contributed by atoms with van der Waals surface area (Å²) in [4.78, 5) is 16.2. The molecule has 1 heterocycles. The molecule has 20 heavy (non-hydrogen) atoms. The predicted molar refractivity (Wildman–Crippen MR) is 74.9 cm³/mol. The number of amides is 1. The zero-order valence-corrected chi connectivity index (χ0v) is 11.4. The molecule has 0 aliphatic carbocycles. The molecule has 5 heteroatoms. The van der Waals surface area contributed by atoms with Gasteiger partial charge in [-0.1, -0.05) is 19.9 Å². The lowest BCUT2D eigenvalue weighted by Crippen LogP contribution is -2.34. The molecule has 0 bridgehead atoms. The molecule has 2 aromatic rings. The van der Waals surface area contributed by atoms with Gasteiger partial charge in [0.2, 0.25) is 0 Å². The second-order valence-electron chi connectivity index (χ2n) is 5.05. The summed E-state index contributed by atoms with van der Waals surface area (Å²) in [6.45, 7) is 3.84. The van der Waals surface area contributed by atoms with Gasteiger partial charge in [-0.2, -0.15) is 0 Å². The van der Waals surface area contributed by atoms with Crippen molar-refractivity contribution in [1.29, 1.82) is 0 Å². The Balaban J connectivity index is 2.26. The number of carbonyl (C=O) groups excluding carboxylic acids is 1. The van der Waals surface area contributed by atoms with Crippen molar-refractivity contribution < 1.29 is 14.3 Å². The van der Waals surface area contributed by atoms with Gasteiger partial charge in [-0.25, -0.2) is 4.39 Å². The lowest BCUT2D eigenvalue weighted by molar-refractivity contribution is 0.0872. The Morgan fingerprint density at radius 3 is 2.90 bits per heavy atom. The van der Waals surface area contributed by atoms with E-state index < -0.39 is 17.8 Å². The molecule has 0 aliphatic heterocycles. The van der Waals surface area contributed by atoms with Gasteiger partial charge < -0.3 is 10.4 Å². The number of rotatable bonds is 4. The van der Waals surface area contributed by atoms with Gasteiger partial charge in [-0.15, -0.1) is 0 Å². The molecule has 1 atom stereocenters. The molecule has 4 nitrogen and oxygen atoms in total. The lowest BCUT2D eigenvalue weighted by atomic mass is 10.1. The minimum atomic E-state index is -0.633. The van der Waals surface area contributed by atoms with Crippen LogP contribution in [0.2, 0.25) is 0 Å². The first-order chi connectivity index (χ1) is 9.49. The number of benzene rings is 1. The van der Waals surface area contributed by atoms with Crippen molar-refractivity contribution in [3.8, 4) is 0 Å². The Bertz CT molecular complexity index is 628. The van der Waals surface area contributed by atoms with Gasteiger partial charge in [0, 0.05) is 18.1 Å². The first-order valence-corrected chi connectivity index (χ1v) is 6.49. The van der Waals surface area contributed by atoms with Crippen molar-refractivity contribution >= 4 is 16.8 Å². The number of nitrogens with one attached hydrogen (secondary N) is 1. The maximum Gasteiger partial charge on any atom is 0.253 e. The maximum absolute atomic E-state index is 13.5.